The molecule has 0 aliphatic rings. The van der Waals surface area contributed by atoms with Crippen molar-refractivity contribution in [3.8, 4) is 0 Å². The summed E-state index contributed by atoms with van der Waals surface area (Å²) in [4.78, 5) is 28.7. The molecule has 0 heterocycles. The highest BCUT2D eigenvalue weighted by atomic mass is 35.5. The monoisotopic (exact) mass is 627 g/mol. The van der Waals surface area contributed by atoms with Gasteiger partial charge in [0.05, 0.1) is 27.0 Å². The number of sulfonamides is 1. The second-order valence-electron chi connectivity index (χ2n) is 9.13. The van der Waals surface area contributed by atoms with E-state index in [1.54, 1.807) is 0 Å². The predicted octanol–water partition coefficient (Wildman–Crippen LogP) is 5.72. The van der Waals surface area contributed by atoms with E-state index in [1.807, 2.05) is 37.3 Å². The molecule has 0 aliphatic heterocycles. The third-order valence-corrected chi connectivity index (χ3v) is 8.18. The van der Waals surface area contributed by atoms with Crippen molar-refractivity contribution in [1.82, 2.24) is 10.2 Å². The fraction of sp³-hybridized carbons (Fsp3) is 0.286. The average Bonchev–Trinajstić information content (AvgIpc) is 2.91. The van der Waals surface area contributed by atoms with Crippen LogP contribution in [0.4, 0.5) is 10.1 Å². The van der Waals surface area contributed by atoms with Crippen LogP contribution in [0.3, 0.4) is 0 Å². The van der Waals surface area contributed by atoms with Crippen molar-refractivity contribution < 1.29 is 22.4 Å². The maximum Gasteiger partial charge on any atom is 0.244 e. The Bertz CT molecular complexity index is 1440. The first kappa shape index (κ1) is 31.7. The highest BCUT2D eigenvalue weighted by Gasteiger charge is 2.33. The second kappa shape index (κ2) is 14.2. The van der Waals surface area contributed by atoms with E-state index in [0.717, 1.165) is 16.1 Å². The van der Waals surface area contributed by atoms with E-state index in [1.165, 1.54) is 41.3 Å². The van der Waals surface area contributed by atoms with E-state index < -0.39 is 40.2 Å². The number of halogens is 4. The minimum absolute atomic E-state index is 0.0285. The summed E-state index contributed by atoms with van der Waals surface area (Å²) in [6.45, 7) is 1.53. The van der Waals surface area contributed by atoms with Crippen molar-refractivity contribution >= 4 is 62.3 Å². The number of benzene rings is 3. The van der Waals surface area contributed by atoms with E-state index in [0.29, 0.717) is 18.5 Å². The average molecular weight is 629 g/mol. The summed E-state index contributed by atoms with van der Waals surface area (Å²) in [5.74, 6) is -1.54. The number of carbonyl (C=O) groups is 2. The minimum Gasteiger partial charge on any atom is -0.354 e. The minimum atomic E-state index is -4.05. The number of hydrogen-bond donors (Lipinski definition) is 1. The van der Waals surface area contributed by atoms with Gasteiger partial charge in [-0.15, -0.1) is 0 Å². The number of hydrogen-bond acceptors (Lipinski definition) is 4. The Morgan fingerprint density at radius 3 is 2.15 bits per heavy atom. The molecule has 1 unspecified atom stereocenters. The van der Waals surface area contributed by atoms with Crippen LogP contribution in [-0.2, 0) is 32.6 Å². The molecule has 0 aliphatic carbocycles. The lowest BCUT2D eigenvalue weighted by molar-refractivity contribution is -0.140. The van der Waals surface area contributed by atoms with Crippen molar-refractivity contribution in [3.05, 3.63) is 98.7 Å². The number of carbonyl (C=O) groups excluding carboxylic acids is 2. The van der Waals surface area contributed by atoms with Gasteiger partial charge in [-0.05, 0) is 41.8 Å². The van der Waals surface area contributed by atoms with E-state index in [2.05, 4.69) is 5.32 Å². The van der Waals surface area contributed by atoms with Crippen LogP contribution in [0.1, 0.15) is 24.5 Å². The van der Waals surface area contributed by atoms with Gasteiger partial charge in [-0.25, -0.2) is 12.8 Å². The highest BCUT2D eigenvalue weighted by Crippen LogP contribution is 2.35. The Hall–Kier alpha value is -2.85. The molecule has 12 heteroatoms. The fourth-order valence-corrected chi connectivity index (χ4v) is 5.55. The molecule has 3 aromatic carbocycles. The molecular weight excluding hydrogens is 600 g/mol. The van der Waals surface area contributed by atoms with E-state index in [9.17, 15) is 22.4 Å². The largest absolute Gasteiger partial charge is 0.354 e. The zero-order chi connectivity index (χ0) is 29.4. The lowest BCUT2D eigenvalue weighted by Gasteiger charge is -2.33. The van der Waals surface area contributed by atoms with Crippen molar-refractivity contribution in [2.45, 2.75) is 32.4 Å². The predicted molar refractivity (Wildman–Crippen MR) is 158 cm³/mol. The van der Waals surface area contributed by atoms with Gasteiger partial charge in [-0.1, -0.05) is 84.2 Å². The summed E-state index contributed by atoms with van der Waals surface area (Å²) >= 11 is 18.5. The second-order valence-corrected chi connectivity index (χ2v) is 12.3. The topological polar surface area (TPSA) is 86.8 Å². The van der Waals surface area contributed by atoms with Crippen LogP contribution < -0.4 is 9.62 Å². The molecule has 2 amide bonds. The van der Waals surface area contributed by atoms with Crippen LogP contribution in [-0.4, -0.2) is 50.5 Å². The molecule has 0 fully saturated rings. The quantitative estimate of drug-likeness (QED) is 0.260. The number of rotatable bonds is 12. The fourth-order valence-electron chi connectivity index (χ4n) is 4.00. The van der Waals surface area contributed by atoms with Crippen molar-refractivity contribution in [2.75, 3.05) is 23.7 Å². The first-order chi connectivity index (χ1) is 18.9. The molecule has 0 aromatic heterocycles. The van der Waals surface area contributed by atoms with Crippen LogP contribution in [0.15, 0.2) is 66.7 Å². The maximum atomic E-state index is 14.0. The Morgan fingerprint density at radius 1 is 0.925 bits per heavy atom. The van der Waals surface area contributed by atoms with Crippen LogP contribution in [0.2, 0.25) is 15.1 Å². The van der Waals surface area contributed by atoms with Gasteiger partial charge in [0.15, 0.2) is 0 Å². The Balaban J connectivity index is 2.07. The summed E-state index contributed by atoms with van der Waals surface area (Å²) < 4.78 is 40.2. The van der Waals surface area contributed by atoms with Gasteiger partial charge in [-0.2, -0.15) is 0 Å². The van der Waals surface area contributed by atoms with Gasteiger partial charge in [0.25, 0.3) is 0 Å². The number of nitrogens with one attached hydrogen (secondary N) is 1. The van der Waals surface area contributed by atoms with Gasteiger partial charge >= 0.3 is 0 Å². The summed E-state index contributed by atoms with van der Waals surface area (Å²) in [5, 5.41) is 2.98. The smallest absolute Gasteiger partial charge is 0.244 e. The molecule has 0 saturated carbocycles. The van der Waals surface area contributed by atoms with Crippen LogP contribution >= 0.6 is 34.8 Å². The third-order valence-electron chi connectivity index (χ3n) is 6.02. The van der Waals surface area contributed by atoms with Crippen molar-refractivity contribution in [1.29, 1.82) is 0 Å². The normalized spacial score (nSPS) is 12.1. The first-order valence-corrected chi connectivity index (χ1v) is 15.4. The summed E-state index contributed by atoms with van der Waals surface area (Å²) in [6.07, 6.45) is 1.77. The van der Waals surface area contributed by atoms with Crippen LogP contribution in [0.5, 0.6) is 0 Å². The number of amides is 2. The van der Waals surface area contributed by atoms with E-state index in [-0.39, 0.29) is 33.7 Å². The molecule has 1 N–H and O–H groups in total. The molecule has 3 rings (SSSR count). The molecule has 0 spiro atoms. The summed E-state index contributed by atoms with van der Waals surface area (Å²) in [6, 6.07) is 16.2. The van der Waals surface area contributed by atoms with Crippen LogP contribution in [0.25, 0.3) is 0 Å². The Morgan fingerprint density at radius 2 is 1.55 bits per heavy atom. The van der Waals surface area contributed by atoms with Gasteiger partial charge in [0.2, 0.25) is 21.8 Å². The SMILES string of the molecule is CCCNC(=O)C(Cc1ccccc1)N(Cc1ccc(F)cc1)C(=O)CN(c1cc(Cl)c(Cl)cc1Cl)S(C)(=O)=O. The van der Waals surface area contributed by atoms with Gasteiger partial charge in [0.1, 0.15) is 18.4 Å². The molecule has 214 valence electrons. The molecule has 0 radical (unpaired) electrons. The van der Waals surface area contributed by atoms with E-state index in [4.69, 9.17) is 34.8 Å². The van der Waals surface area contributed by atoms with Crippen molar-refractivity contribution in [3.63, 3.8) is 0 Å². The Labute approximate surface area is 248 Å². The molecule has 7 nitrogen and oxygen atoms in total. The first-order valence-electron chi connectivity index (χ1n) is 12.4. The highest BCUT2D eigenvalue weighted by molar-refractivity contribution is 7.92. The van der Waals surface area contributed by atoms with Gasteiger partial charge in [0, 0.05) is 19.5 Å². The van der Waals surface area contributed by atoms with Gasteiger partial charge < -0.3 is 10.2 Å². The molecular formula is C28H29Cl3FN3O4S. The molecule has 0 saturated heterocycles. The summed E-state index contributed by atoms with van der Waals surface area (Å²) in [7, 11) is -4.05. The number of anilines is 1. The molecule has 3 aromatic rings. The third kappa shape index (κ3) is 8.57. The lowest BCUT2D eigenvalue weighted by atomic mass is 10.0. The number of nitrogens with zero attached hydrogens (tertiary/aromatic N) is 2. The van der Waals surface area contributed by atoms with E-state index >= 15 is 0 Å². The zero-order valence-electron chi connectivity index (χ0n) is 21.9. The molecule has 40 heavy (non-hydrogen) atoms. The lowest BCUT2D eigenvalue weighted by Crippen LogP contribution is -2.53. The maximum absolute atomic E-state index is 14.0. The standard InChI is InChI=1S/C28H29Cl3FN3O4S/c1-3-13-33-28(37)26(14-19-7-5-4-6-8-19)34(17-20-9-11-21(32)12-10-20)27(36)18-35(40(2,38)39)25-16-23(30)22(29)15-24(25)31/h4-12,15-16,26H,3,13-14,17-18H2,1-2H3,(H,33,37). The summed E-state index contributed by atoms with van der Waals surface area (Å²) in [5.41, 5.74) is 1.31. The molecule has 0 bridgehead atoms. The molecule has 1 atom stereocenters. The van der Waals surface area contributed by atoms with Crippen molar-refractivity contribution in [2.24, 2.45) is 0 Å². The van der Waals surface area contributed by atoms with Crippen LogP contribution in [0, 0.1) is 5.82 Å². The van der Waals surface area contributed by atoms with Gasteiger partial charge in [-0.3, -0.25) is 13.9 Å². The zero-order valence-corrected chi connectivity index (χ0v) is 25.0. The Kier molecular flexibility index (Phi) is 11.2.